The summed E-state index contributed by atoms with van der Waals surface area (Å²) in [5.74, 6) is 5.25. The lowest BCUT2D eigenvalue weighted by molar-refractivity contribution is 0.623. The average Bonchev–Trinajstić information content (AvgIpc) is 2.21. The van der Waals surface area contributed by atoms with Crippen molar-refractivity contribution in [2.24, 2.45) is 5.73 Å². The van der Waals surface area contributed by atoms with E-state index in [9.17, 15) is 4.39 Å². The zero-order valence-electron chi connectivity index (χ0n) is 8.10. The Balaban J connectivity index is 2.91. The molecule has 1 rings (SSSR count). The summed E-state index contributed by atoms with van der Waals surface area (Å²) in [6.07, 6.45) is 0. The highest BCUT2D eigenvalue weighted by molar-refractivity contribution is 5.38. The van der Waals surface area contributed by atoms with Crippen molar-refractivity contribution < 1.29 is 4.39 Å². The fraction of sp³-hybridized carbons (Fsp3) is 0.273. The minimum Gasteiger partial charge on any atom is -0.326 e. The van der Waals surface area contributed by atoms with Gasteiger partial charge in [0.2, 0.25) is 0 Å². The number of rotatable bonds is 2. The first-order valence-electron chi connectivity index (χ1n) is 4.40. The summed E-state index contributed by atoms with van der Waals surface area (Å²) < 4.78 is 13.2. The van der Waals surface area contributed by atoms with Crippen LogP contribution < -0.4 is 11.1 Å². The predicted molar refractivity (Wildman–Crippen MR) is 55.1 cm³/mol. The molecule has 3 heteroatoms. The first kappa shape index (κ1) is 10.7. The van der Waals surface area contributed by atoms with Gasteiger partial charge < -0.3 is 11.1 Å². The summed E-state index contributed by atoms with van der Waals surface area (Å²) in [5.41, 5.74) is 6.74. The second-order valence-electron chi connectivity index (χ2n) is 2.85. The first-order valence-corrected chi connectivity index (χ1v) is 4.40. The zero-order valence-corrected chi connectivity index (χ0v) is 8.10. The van der Waals surface area contributed by atoms with Crippen molar-refractivity contribution in [1.82, 2.24) is 5.32 Å². The summed E-state index contributed by atoms with van der Waals surface area (Å²) in [6.45, 7) is 0.952. The van der Waals surface area contributed by atoms with E-state index in [1.54, 1.807) is 19.2 Å². The molecular formula is C11H13FN2. The summed E-state index contributed by atoms with van der Waals surface area (Å²) in [7, 11) is 1.79. The molecule has 74 valence electrons. The van der Waals surface area contributed by atoms with Gasteiger partial charge in [-0.1, -0.05) is 17.9 Å². The molecular weight excluding hydrogens is 179 g/mol. The number of nitrogens with two attached hydrogens (primary N) is 1. The van der Waals surface area contributed by atoms with E-state index in [1.165, 1.54) is 6.07 Å². The van der Waals surface area contributed by atoms with Crippen LogP contribution in [0.2, 0.25) is 0 Å². The zero-order chi connectivity index (χ0) is 10.4. The van der Waals surface area contributed by atoms with Crippen molar-refractivity contribution in [2.45, 2.75) is 6.54 Å². The van der Waals surface area contributed by atoms with Crippen molar-refractivity contribution in [3.63, 3.8) is 0 Å². The highest BCUT2D eigenvalue weighted by atomic mass is 19.1. The number of benzene rings is 1. The van der Waals surface area contributed by atoms with Gasteiger partial charge in [0.15, 0.2) is 0 Å². The number of hydrogen-bond donors (Lipinski definition) is 2. The van der Waals surface area contributed by atoms with Crippen molar-refractivity contribution >= 4 is 0 Å². The third kappa shape index (κ3) is 2.84. The molecule has 0 atom stereocenters. The van der Waals surface area contributed by atoms with Crippen molar-refractivity contribution in [3.05, 3.63) is 35.1 Å². The predicted octanol–water partition coefficient (Wildman–Crippen LogP) is 0.855. The Labute approximate surface area is 83.3 Å². The van der Waals surface area contributed by atoms with Gasteiger partial charge in [-0.3, -0.25) is 0 Å². The van der Waals surface area contributed by atoms with Crippen LogP contribution in [0.3, 0.4) is 0 Å². The molecule has 2 nitrogen and oxygen atoms in total. The van der Waals surface area contributed by atoms with Gasteiger partial charge in [0.25, 0.3) is 0 Å². The molecule has 0 fully saturated rings. The Morgan fingerprint density at radius 1 is 1.50 bits per heavy atom. The van der Waals surface area contributed by atoms with Gasteiger partial charge >= 0.3 is 0 Å². The van der Waals surface area contributed by atoms with Crippen LogP contribution in [-0.4, -0.2) is 13.6 Å². The van der Waals surface area contributed by atoms with Gasteiger partial charge in [0.1, 0.15) is 5.82 Å². The van der Waals surface area contributed by atoms with E-state index in [4.69, 9.17) is 5.73 Å². The van der Waals surface area contributed by atoms with E-state index in [0.717, 1.165) is 5.56 Å². The van der Waals surface area contributed by atoms with Gasteiger partial charge in [-0.05, 0) is 24.7 Å². The summed E-state index contributed by atoms with van der Waals surface area (Å²) in [4.78, 5) is 0. The van der Waals surface area contributed by atoms with Crippen LogP contribution in [0.25, 0.3) is 0 Å². The van der Waals surface area contributed by atoms with E-state index in [2.05, 4.69) is 17.2 Å². The molecule has 0 aromatic heterocycles. The number of nitrogens with one attached hydrogen (secondary N) is 1. The minimum atomic E-state index is -0.300. The molecule has 0 unspecified atom stereocenters. The van der Waals surface area contributed by atoms with Crippen LogP contribution in [0.15, 0.2) is 18.2 Å². The van der Waals surface area contributed by atoms with Crippen LogP contribution >= 0.6 is 0 Å². The lowest BCUT2D eigenvalue weighted by atomic mass is 10.1. The van der Waals surface area contributed by atoms with Crippen molar-refractivity contribution in [3.8, 4) is 11.8 Å². The maximum Gasteiger partial charge on any atom is 0.138 e. The molecule has 14 heavy (non-hydrogen) atoms. The van der Waals surface area contributed by atoms with Crippen molar-refractivity contribution in [2.75, 3.05) is 13.6 Å². The van der Waals surface area contributed by atoms with Gasteiger partial charge in [-0.15, -0.1) is 0 Å². The normalized spacial score (nSPS) is 9.36. The molecule has 1 aromatic rings. The third-order valence-corrected chi connectivity index (χ3v) is 1.75. The lowest BCUT2D eigenvalue weighted by Gasteiger charge is -1.98. The fourth-order valence-corrected chi connectivity index (χ4v) is 1.02. The molecule has 0 saturated heterocycles. The van der Waals surface area contributed by atoms with Gasteiger partial charge in [-0.25, -0.2) is 4.39 Å². The molecule has 0 aliphatic carbocycles. The fourth-order valence-electron chi connectivity index (χ4n) is 1.02. The molecule has 1 aromatic carbocycles. The van der Waals surface area contributed by atoms with E-state index >= 15 is 0 Å². The highest BCUT2D eigenvalue weighted by Crippen LogP contribution is 2.08. The Morgan fingerprint density at radius 2 is 2.29 bits per heavy atom. The summed E-state index contributed by atoms with van der Waals surface area (Å²) >= 11 is 0. The summed E-state index contributed by atoms with van der Waals surface area (Å²) in [6, 6.07) is 4.74. The van der Waals surface area contributed by atoms with Gasteiger partial charge in [-0.2, -0.15) is 0 Å². The Bertz CT molecular complexity index is 363. The monoisotopic (exact) mass is 192 g/mol. The maximum absolute atomic E-state index is 13.2. The highest BCUT2D eigenvalue weighted by Gasteiger charge is 1.99. The van der Waals surface area contributed by atoms with Crippen LogP contribution in [0.5, 0.6) is 0 Å². The quantitative estimate of drug-likeness (QED) is 0.682. The molecule has 0 bridgehead atoms. The Morgan fingerprint density at radius 3 is 2.93 bits per heavy atom. The molecule has 0 radical (unpaired) electrons. The molecule has 0 spiro atoms. The minimum absolute atomic E-state index is 0.300. The second-order valence-corrected chi connectivity index (χ2v) is 2.85. The second kappa shape index (κ2) is 5.38. The smallest absolute Gasteiger partial charge is 0.138 e. The molecule has 0 heterocycles. The largest absolute Gasteiger partial charge is 0.326 e. The van der Waals surface area contributed by atoms with E-state index in [1.807, 2.05) is 0 Å². The Hall–Kier alpha value is -1.37. The summed E-state index contributed by atoms with van der Waals surface area (Å²) in [5, 5.41) is 2.87. The average molecular weight is 192 g/mol. The van der Waals surface area contributed by atoms with E-state index in [0.29, 0.717) is 18.7 Å². The van der Waals surface area contributed by atoms with Crippen LogP contribution in [0.4, 0.5) is 4.39 Å². The van der Waals surface area contributed by atoms with E-state index < -0.39 is 0 Å². The van der Waals surface area contributed by atoms with Gasteiger partial charge in [0, 0.05) is 6.54 Å². The number of halogens is 1. The molecule has 0 amide bonds. The molecule has 0 saturated carbocycles. The molecule has 3 N–H and O–H groups in total. The van der Waals surface area contributed by atoms with Crippen LogP contribution in [-0.2, 0) is 6.54 Å². The third-order valence-electron chi connectivity index (χ3n) is 1.75. The molecule has 0 aliphatic rings. The molecule has 0 aliphatic heterocycles. The first-order chi connectivity index (χ1) is 6.77. The standard InChI is InChI=1S/C11H13FN2/c1-14-6-2-3-10-7-9(8-13)4-5-11(10)12/h4-5,7,14H,6,8,13H2,1H3. The maximum atomic E-state index is 13.2. The topological polar surface area (TPSA) is 38.0 Å². The van der Waals surface area contributed by atoms with Crippen LogP contribution in [0, 0.1) is 17.7 Å². The van der Waals surface area contributed by atoms with E-state index in [-0.39, 0.29) is 5.82 Å². The van der Waals surface area contributed by atoms with Crippen molar-refractivity contribution in [1.29, 1.82) is 0 Å². The number of hydrogen-bond acceptors (Lipinski definition) is 2. The van der Waals surface area contributed by atoms with Crippen LogP contribution in [0.1, 0.15) is 11.1 Å². The SMILES string of the molecule is CNCC#Cc1cc(CN)ccc1F. The Kier molecular flexibility index (Phi) is 4.11. The van der Waals surface area contributed by atoms with Gasteiger partial charge in [0.05, 0.1) is 12.1 Å². The lowest BCUT2D eigenvalue weighted by Crippen LogP contribution is -2.04.